The molecule has 1 aromatic carbocycles. The van der Waals surface area contributed by atoms with Gasteiger partial charge < -0.3 is 10.1 Å². The molecule has 0 fully saturated rings. The van der Waals surface area contributed by atoms with Crippen molar-refractivity contribution < 1.29 is 13.2 Å². The van der Waals surface area contributed by atoms with Gasteiger partial charge in [-0.2, -0.15) is 0 Å². The molecule has 96 valence electrons. The van der Waals surface area contributed by atoms with E-state index in [-0.39, 0.29) is 10.9 Å². The summed E-state index contributed by atoms with van der Waals surface area (Å²) in [6, 6.07) is 6.31. The van der Waals surface area contributed by atoms with E-state index in [1.54, 1.807) is 38.2 Å². The van der Waals surface area contributed by atoms with Gasteiger partial charge in [-0.3, -0.25) is 0 Å². The highest BCUT2D eigenvalue weighted by Gasteiger charge is 2.16. The van der Waals surface area contributed by atoms with Crippen LogP contribution in [0.4, 0.5) is 5.69 Å². The van der Waals surface area contributed by atoms with E-state index < -0.39 is 10.0 Å². The zero-order chi connectivity index (χ0) is 12.9. The van der Waals surface area contributed by atoms with Gasteiger partial charge in [0, 0.05) is 25.9 Å². The van der Waals surface area contributed by atoms with E-state index >= 15 is 0 Å². The number of ether oxygens (including phenoxy) is 1. The predicted molar refractivity (Wildman–Crippen MR) is 67.6 cm³/mol. The van der Waals surface area contributed by atoms with Crippen LogP contribution in [-0.4, -0.2) is 35.2 Å². The molecule has 17 heavy (non-hydrogen) atoms. The average molecular weight is 258 g/mol. The Bertz CT molecular complexity index is 442. The topological polar surface area (TPSA) is 67.4 Å². The zero-order valence-corrected chi connectivity index (χ0v) is 11.0. The molecule has 0 spiro atoms. The van der Waals surface area contributed by atoms with Crippen LogP contribution in [-0.2, 0) is 14.8 Å². The maximum Gasteiger partial charge on any atom is 0.240 e. The van der Waals surface area contributed by atoms with Crippen molar-refractivity contribution in [3.8, 4) is 0 Å². The van der Waals surface area contributed by atoms with Crippen LogP contribution in [0.5, 0.6) is 0 Å². The number of benzene rings is 1. The van der Waals surface area contributed by atoms with Crippen LogP contribution in [0.3, 0.4) is 0 Å². The fourth-order valence-electron chi connectivity index (χ4n) is 1.42. The molecule has 5 nitrogen and oxygen atoms in total. The minimum absolute atomic E-state index is 0.249. The van der Waals surface area contributed by atoms with Gasteiger partial charge >= 0.3 is 0 Å². The van der Waals surface area contributed by atoms with E-state index in [0.29, 0.717) is 6.61 Å². The van der Waals surface area contributed by atoms with Gasteiger partial charge in [0.25, 0.3) is 0 Å². The van der Waals surface area contributed by atoms with Gasteiger partial charge in [-0.25, -0.2) is 13.1 Å². The van der Waals surface area contributed by atoms with E-state index in [9.17, 15) is 8.42 Å². The predicted octanol–water partition coefficient (Wildman–Crippen LogP) is 1.04. The third-order valence-electron chi connectivity index (χ3n) is 2.23. The van der Waals surface area contributed by atoms with Crippen LogP contribution in [0.2, 0.25) is 0 Å². The van der Waals surface area contributed by atoms with Crippen LogP contribution in [0.1, 0.15) is 6.92 Å². The van der Waals surface area contributed by atoms with Crippen LogP contribution in [0.25, 0.3) is 0 Å². The molecular formula is C11H18N2O3S. The van der Waals surface area contributed by atoms with E-state index in [1.807, 2.05) is 0 Å². The molecule has 0 amide bonds. The van der Waals surface area contributed by atoms with Crippen molar-refractivity contribution >= 4 is 15.7 Å². The van der Waals surface area contributed by atoms with Crippen molar-refractivity contribution in [2.75, 3.05) is 26.1 Å². The highest BCUT2D eigenvalue weighted by atomic mass is 32.2. The molecule has 0 aliphatic rings. The first-order valence-electron chi connectivity index (χ1n) is 5.28. The van der Waals surface area contributed by atoms with Crippen molar-refractivity contribution in [2.45, 2.75) is 17.9 Å². The van der Waals surface area contributed by atoms with E-state index in [0.717, 1.165) is 5.69 Å². The van der Waals surface area contributed by atoms with Crippen molar-refractivity contribution in [1.82, 2.24) is 4.72 Å². The molecule has 0 heterocycles. The Morgan fingerprint density at radius 3 is 2.35 bits per heavy atom. The Labute approximate surface area is 102 Å². The molecule has 0 bridgehead atoms. The molecule has 0 aliphatic carbocycles. The Balaban J connectivity index is 2.82. The monoisotopic (exact) mass is 258 g/mol. The highest BCUT2D eigenvalue weighted by molar-refractivity contribution is 7.89. The van der Waals surface area contributed by atoms with Gasteiger partial charge in [0.1, 0.15) is 0 Å². The maximum absolute atomic E-state index is 11.9. The summed E-state index contributed by atoms with van der Waals surface area (Å²) in [7, 11) is -0.150. The molecule has 0 radical (unpaired) electrons. The Hall–Kier alpha value is -1.11. The Kier molecular flexibility index (Phi) is 4.92. The van der Waals surface area contributed by atoms with E-state index in [4.69, 9.17) is 4.74 Å². The number of sulfonamides is 1. The van der Waals surface area contributed by atoms with Crippen LogP contribution < -0.4 is 10.0 Å². The SMILES string of the molecule is CNc1ccc(S(=O)(=O)NC(C)COC)cc1. The summed E-state index contributed by atoms with van der Waals surface area (Å²) in [6.07, 6.45) is 0. The van der Waals surface area contributed by atoms with Gasteiger partial charge in [0.05, 0.1) is 11.5 Å². The molecule has 1 rings (SSSR count). The van der Waals surface area contributed by atoms with Crippen molar-refractivity contribution in [3.05, 3.63) is 24.3 Å². The Morgan fingerprint density at radius 2 is 1.88 bits per heavy atom. The highest BCUT2D eigenvalue weighted by Crippen LogP contribution is 2.13. The third kappa shape index (κ3) is 3.99. The van der Waals surface area contributed by atoms with Crippen LogP contribution in [0.15, 0.2) is 29.2 Å². The van der Waals surface area contributed by atoms with Gasteiger partial charge in [-0.15, -0.1) is 0 Å². The number of hydrogen-bond donors (Lipinski definition) is 2. The summed E-state index contributed by atoms with van der Waals surface area (Å²) in [4.78, 5) is 0.249. The molecule has 1 atom stereocenters. The summed E-state index contributed by atoms with van der Waals surface area (Å²) in [5.41, 5.74) is 0.869. The first-order chi connectivity index (χ1) is 7.99. The summed E-state index contributed by atoms with van der Waals surface area (Å²) in [6.45, 7) is 2.09. The van der Waals surface area contributed by atoms with Gasteiger partial charge in [0.2, 0.25) is 10.0 Å². The lowest BCUT2D eigenvalue weighted by molar-refractivity contribution is 0.180. The van der Waals surface area contributed by atoms with Crippen molar-refractivity contribution in [1.29, 1.82) is 0 Å². The molecule has 6 heteroatoms. The second-order valence-corrected chi connectivity index (χ2v) is 5.47. The molecule has 1 unspecified atom stereocenters. The number of nitrogens with one attached hydrogen (secondary N) is 2. The second-order valence-electron chi connectivity index (χ2n) is 3.75. The fourth-order valence-corrected chi connectivity index (χ4v) is 2.65. The van der Waals surface area contributed by atoms with E-state index in [1.165, 1.54) is 7.11 Å². The first kappa shape index (κ1) is 14.0. The van der Waals surface area contributed by atoms with Crippen molar-refractivity contribution in [2.24, 2.45) is 0 Å². The number of hydrogen-bond acceptors (Lipinski definition) is 4. The molecule has 0 aliphatic heterocycles. The van der Waals surface area contributed by atoms with Crippen LogP contribution in [0, 0.1) is 0 Å². The average Bonchev–Trinajstić information content (AvgIpc) is 2.28. The molecule has 1 aromatic rings. The lowest BCUT2D eigenvalue weighted by Gasteiger charge is -2.13. The maximum atomic E-state index is 11.9. The standard InChI is InChI=1S/C11H18N2O3S/c1-9(8-16-3)13-17(14,15)11-6-4-10(12-2)5-7-11/h4-7,9,12-13H,8H2,1-3H3. The van der Waals surface area contributed by atoms with Gasteiger partial charge in [0.15, 0.2) is 0 Å². The number of methoxy groups -OCH3 is 1. The summed E-state index contributed by atoms with van der Waals surface area (Å²) < 4.78 is 31.3. The van der Waals surface area contributed by atoms with Gasteiger partial charge in [-0.1, -0.05) is 0 Å². The van der Waals surface area contributed by atoms with E-state index in [2.05, 4.69) is 10.0 Å². The van der Waals surface area contributed by atoms with Crippen LogP contribution >= 0.6 is 0 Å². The summed E-state index contributed by atoms with van der Waals surface area (Å²) in [5, 5.41) is 2.93. The molecule has 0 aromatic heterocycles. The third-order valence-corrected chi connectivity index (χ3v) is 3.83. The number of rotatable bonds is 6. The second kappa shape index (κ2) is 6.00. The lowest BCUT2D eigenvalue weighted by atomic mass is 10.3. The largest absolute Gasteiger partial charge is 0.388 e. The summed E-state index contributed by atoms with van der Waals surface area (Å²) in [5.74, 6) is 0. The normalized spacial score (nSPS) is 13.4. The minimum atomic E-state index is -3.46. The van der Waals surface area contributed by atoms with Gasteiger partial charge in [-0.05, 0) is 31.2 Å². The molecular weight excluding hydrogens is 240 g/mol. The quantitative estimate of drug-likeness (QED) is 0.800. The molecule has 2 N–H and O–H groups in total. The minimum Gasteiger partial charge on any atom is -0.388 e. The molecule has 0 saturated heterocycles. The number of anilines is 1. The smallest absolute Gasteiger partial charge is 0.240 e. The molecule has 0 saturated carbocycles. The Morgan fingerprint density at radius 1 is 1.29 bits per heavy atom. The lowest BCUT2D eigenvalue weighted by Crippen LogP contribution is -2.35. The fraction of sp³-hybridized carbons (Fsp3) is 0.455. The first-order valence-corrected chi connectivity index (χ1v) is 6.77. The summed E-state index contributed by atoms with van der Waals surface area (Å²) >= 11 is 0. The zero-order valence-electron chi connectivity index (χ0n) is 10.2. The van der Waals surface area contributed by atoms with Crippen molar-refractivity contribution in [3.63, 3.8) is 0 Å².